The highest BCUT2D eigenvalue weighted by molar-refractivity contribution is 7.12. The van der Waals surface area contributed by atoms with Crippen LogP contribution in [0.15, 0.2) is 11.4 Å². The monoisotopic (exact) mass is 228 g/mol. The van der Waals surface area contributed by atoms with Crippen molar-refractivity contribution in [3.05, 3.63) is 16.3 Å². The van der Waals surface area contributed by atoms with Gasteiger partial charge >= 0.3 is 0 Å². The number of nitrogens with two attached hydrogens (primary N) is 1. The Morgan fingerprint density at radius 3 is 2.80 bits per heavy atom. The fraction of sp³-hybridized carbons (Fsp3) is 0.500. The van der Waals surface area contributed by atoms with E-state index in [1.165, 1.54) is 11.3 Å². The number of nitrogen functional groups attached to an aromatic ring is 1. The van der Waals surface area contributed by atoms with E-state index in [4.69, 9.17) is 10.8 Å². The second-order valence-corrected chi connectivity index (χ2v) is 4.58. The number of amides is 1. The van der Waals surface area contributed by atoms with E-state index in [-0.39, 0.29) is 11.9 Å². The van der Waals surface area contributed by atoms with Crippen LogP contribution in [0, 0.1) is 0 Å². The fourth-order valence-electron chi connectivity index (χ4n) is 1.36. The van der Waals surface area contributed by atoms with Crippen molar-refractivity contribution in [2.75, 3.05) is 5.73 Å². The van der Waals surface area contributed by atoms with E-state index < -0.39 is 6.10 Å². The van der Waals surface area contributed by atoms with Gasteiger partial charge in [-0.2, -0.15) is 0 Å². The van der Waals surface area contributed by atoms with E-state index in [0.717, 1.165) is 0 Å². The molecule has 15 heavy (non-hydrogen) atoms. The highest BCUT2D eigenvalue weighted by Crippen LogP contribution is 2.18. The van der Waals surface area contributed by atoms with Gasteiger partial charge in [-0.15, -0.1) is 11.3 Å². The topological polar surface area (TPSA) is 75.3 Å². The molecule has 1 aromatic rings. The molecule has 4 N–H and O–H groups in total. The predicted octanol–water partition coefficient (Wildman–Crippen LogP) is 1.22. The van der Waals surface area contributed by atoms with Crippen molar-refractivity contribution in [2.24, 2.45) is 0 Å². The van der Waals surface area contributed by atoms with Gasteiger partial charge < -0.3 is 16.2 Å². The van der Waals surface area contributed by atoms with E-state index in [0.29, 0.717) is 17.0 Å². The maximum atomic E-state index is 11.7. The molecule has 2 unspecified atom stereocenters. The first-order valence-electron chi connectivity index (χ1n) is 4.82. The first-order chi connectivity index (χ1) is 7.00. The number of nitrogens with one attached hydrogen (secondary N) is 1. The van der Waals surface area contributed by atoms with Gasteiger partial charge in [-0.1, -0.05) is 0 Å². The molecule has 1 aromatic heterocycles. The van der Waals surface area contributed by atoms with Crippen molar-refractivity contribution in [3.8, 4) is 0 Å². The molecule has 2 atom stereocenters. The molecule has 0 aliphatic rings. The van der Waals surface area contributed by atoms with Crippen molar-refractivity contribution in [3.63, 3.8) is 0 Å². The van der Waals surface area contributed by atoms with Crippen LogP contribution in [0.4, 0.5) is 5.69 Å². The maximum Gasteiger partial charge on any atom is 0.263 e. The molecule has 1 rings (SSSR count). The smallest absolute Gasteiger partial charge is 0.263 e. The van der Waals surface area contributed by atoms with Crippen LogP contribution in [0.2, 0.25) is 0 Å². The van der Waals surface area contributed by atoms with Gasteiger partial charge in [-0.05, 0) is 31.7 Å². The lowest BCUT2D eigenvalue weighted by Gasteiger charge is -2.14. The van der Waals surface area contributed by atoms with Gasteiger partial charge in [0, 0.05) is 6.04 Å². The van der Waals surface area contributed by atoms with Crippen LogP contribution in [0.3, 0.4) is 0 Å². The summed E-state index contributed by atoms with van der Waals surface area (Å²) >= 11 is 1.32. The molecule has 0 spiro atoms. The standard InChI is InChI=1S/C10H16N2O2S/c1-6(5-7(2)13)12-10(14)9-8(11)3-4-15-9/h3-4,6-7,13H,5,11H2,1-2H3,(H,12,14). The van der Waals surface area contributed by atoms with Gasteiger partial charge in [-0.25, -0.2) is 0 Å². The summed E-state index contributed by atoms with van der Waals surface area (Å²) in [5.41, 5.74) is 6.12. The third-order valence-electron chi connectivity index (χ3n) is 1.97. The second kappa shape index (κ2) is 5.14. The number of rotatable bonds is 4. The molecule has 0 saturated heterocycles. The van der Waals surface area contributed by atoms with E-state index in [9.17, 15) is 4.79 Å². The molecule has 0 aliphatic carbocycles. The van der Waals surface area contributed by atoms with Gasteiger partial charge in [0.1, 0.15) is 4.88 Å². The zero-order valence-electron chi connectivity index (χ0n) is 8.86. The minimum Gasteiger partial charge on any atom is -0.397 e. The van der Waals surface area contributed by atoms with E-state index in [2.05, 4.69) is 5.32 Å². The lowest BCUT2D eigenvalue weighted by Crippen LogP contribution is -2.34. The summed E-state index contributed by atoms with van der Waals surface area (Å²) in [6.45, 7) is 3.55. The number of carbonyl (C=O) groups is 1. The molecule has 0 aliphatic heterocycles. The van der Waals surface area contributed by atoms with Crippen LogP contribution in [0.5, 0.6) is 0 Å². The van der Waals surface area contributed by atoms with Crippen molar-refractivity contribution >= 4 is 22.9 Å². The van der Waals surface area contributed by atoms with Crippen molar-refractivity contribution < 1.29 is 9.90 Å². The molecular formula is C10H16N2O2S. The lowest BCUT2D eigenvalue weighted by molar-refractivity contribution is 0.0928. The molecule has 0 radical (unpaired) electrons. The number of anilines is 1. The molecule has 84 valence electrons. The number of hydrogen-bond donors (Lipinski definition) is 3. The largest absolute Gasteiger partial charge is 0.397 e. The summed E-state index contributed by atoms with van der Waals surface area (Å²) in [6.07, 6.45) is 0.123. The second-order valence-electron chi connectivity index (χ2n) is 3.66. The molecule has 0 bridgehead atoms. The van der Waals surface area contributed by atoms with Gasteiger partial charge in [0.2, 0.25) is 0 Å². The third kappa shape index (κ3) is 3.53. The lowest BCUT2D eigenvalue weighted by atomic mass is 10.1. The van der Waals surface area contributed by atoms with Crippen molar-refractivity contribution in [2.45, 2.75) is 32.4 Å². The Balaban J connectivity index is 2.53. The number of thiophene rings is 1. The van der Waals surface area contributed by atoms with Crippen LogP contribution >= 0.6 is 11.3 Å². The zero-order chi connectivity index (χ0) is 11.4. The number of hydrogen-bond acceptors (Lipinski definition) is 4. The minimum absolute atomic E-state index is 0.0565. The fourth-order valence-corrected chi connectivity index (χ4v) is 2.08. The number of aliphatic hydroxyl groups excluding tert-OH is 1. The molecule has 0 aromatic carbocycles. The first-order valence-corrected chi connectivity index (χ1v) is 5.70. The van der Waals surface area contributed by atoms with E-state index >= 15 is 0 Å². The zero-order valence-corrected chi connectivity index (χ0v) is 9.67. The Labute approximate surface area is 93.1 Å². The first kappa shape index (κ1) is 12.0. The number of carbonyl (C=O) groups excluding carboxylic acids is 1. The Hall–Kier alpha value is -1.07. The van der Waals surface area contributed by atoms with Crippen LogP contribution in [0.1, 0.15) is 29.9 Å². The molecular weight excluding hydrogens is 212 g/mol. The number of aliphatic hydroxyl groups is 1. The Kier molecular flexibility index (Phi) is 4.11. The maximum absolute atomic E-state index is 11.7. The van der Waals surface area contributed by atoms with E-state index in [1.807, 2.05) is 6.92 Å². The predicted molar refractivity (Wildman–Crippen MR) is 62.0 cm³/mol. The third-order valence-corrected chi connectivity index (χ3v) is 2.90. The van der Waals surface area contributed by atoms with E-state index in [1.54, 1.807) is 18.4 Å². The summed E-state index contributed by atoms with van der Waals surface area (Å²) < 4.78 is 0. The Morgan fingerprint density at radius 1 is 1.67 bits per heavy atom. The van der Waals surface area contributed by atoms with Crippen LogP contribution in [0.25, 0.3) is 0 Å². The average molecular weight is 228 g/mol. The Bertz CT molecular complexity index is 336. The molecule has 1 heterocycles. The Morgan fingerprint density at radius 2 is 2.33 bits per heavy atom. The normalized spacial score (nSPS) is 14.6. The van der Waals surface area contributed by atoms with Crippen LogP contribution < -0.4 is 11.1 Å². The van der Waals surface area contributed by atoms with Gasteiger partial charge in [0.15, 0.2) is 0 Å². The van der Waals surface area contributed by atoms with Crippen molar-refractivity contribution in [1.82, 2.24) is 5.32 Å². The highest BCUT2D eigenvalue weighted by Gasteiger charge is 2.14. The molecule has 4 nitrogen and oxygen atoms in total. The quantitative estimate of drug-likeness (QED) is 0.725. The summed E-state index contributed by atoms with van der Waals surface area (Å²) in [5.74, 6) is -0.171. The van der Waals surface area contributed by atoms with Crippen LogP contribution in [-0.4, -0.2) is 23.2 Å². The van der Waals surface area contributed by atoms with Crippen molar-refractivity contribution in [1.29, 1.82) is 0 Å². The average Bonchev–Trinajstić information content (AvgIpc) is 2.49. The SMILES string of the molecule is CC(O)CC(C)NC(=O)c1sccc1N. The van der Waals surface area contributed by atoms with Gasteiger partial charge in [0.25, 0.3) is 5.91 Å². The molecule has 1 amide bonds. The van der Waals surface area contributed by atoms with Gasteiger partial charge in [0.05, 0.1) is 11.8 Å². The minimum atomic E-state index is -0.416. The molecule has 0 fully saturated rings. The molecule has 5 heteroatoms. The summed E-state index contributed by atoms with van der Waals surface area (Å²) in [4.78, 5) is 12.2. The summed E-state index contributed by atoms with van der Waals surface area (Å²) in [6, 6.07) is 1.65. The van der Waals surface area contributed by atoms with Crippen LogP contribution in [-0.2, 0) is 0 Å². The molecule has 0 saturated carbocycles. The summed E-state index contributed by atoms with van der Waals surface area (Å²) in [5, 5.41) is 13.7. The highest BCUT2D eigenvalue weighted by atomic mass is 32.1. The summed E-state index contributed by atoms with van der Waals surface area (Å²) in [7, 11) is 0. The van der Waals surface area contributed by atoms with Gasteiger partial charge in [-0.3, -0.25) is 4.79 Å².